The van der Waals surface area contributed by atoms with Crippen LogP contribution < -0.4 is 19.8 Å². The Morgan fingerprint density at radius 3 is 2.16 bits per heavy atom. The van der Waals surface area contributed by atoms with E-state index in [1.54, 1.807) is 55.5 Å². The van der Waals surface area contributed by atoms with Crippen LogP contribution in [-0.2, 0) is 19.6 Å². The van der Waals surface area contributed by atoms with Crippen molar-refractivity contribution in [1.29, 1.82) is 0 Å². The molecule has 0 fully saturated rings. The number of benzene rings is 2. The zero-order chi connectivity index (χ0) is 23.9. The fraction of sp³-hybridized carbons (Fsp3) is 0.318. The molecule has 1 atom stereocenters. The summed E-state index contributed by atoms with van der Waals surface area (Å²) in [4.78, 5) is 23.8. The number of ether oxygens (including phenoxy) is 1. The Hall–Kier alpha value is -3.40. The highest BCUT2D eigenvalue weighted by Crippen LogP contribution is 2.24. The fourth-order valence-corrected chi connectivity index (χ4v) is 4.13. The van der Waals surface area contributed by atoms with E-state index in [4.69, 9.17) is 4.74 Å². The van der Waals surface area contributed by atoms with E-state index in [-0.39, 0.29) is 5.91 Å². The molecule has 0 aliphatic rings. The molecule has 0 bridgehead atoms. The van der Waals surface area contributed by atoms with Gasteiger partial charge in [0.25, 0.3) is 5.91 Å². The van der Waals surface area contributed by atoms with Crippen LogP contribution in [0.25, 0.3) is 0 Å². The molecule has 0 radical (unpaired) electrons. The summed E-state index contributed by atoms with van der Waals surface area (Å²) in [5.41, 5.74) is 4.67. The molecule has 9 nitrogen and oxygen atoms in total. The van der Waals surface area contributed by atoms with E-state index in [2.05, 4.69) is 15.8 Å². The molecule has 0 saturated heterocycles. The molecular weight excluding hydrogens is 432 g/mol. The SMILES string of the molecule is CCOc1ccc(N([C@H](C)C(=O)N/N=C(/C)c2ccc(NC(C)=O)cc2)S(C)(=O)=O)cc1. The lowest BCUT2D eigenvalue weighted by atomic mass is 10.1. The average molecular weight is 461 g/mol. The van der Waals surface area contributed by atoms with E-state index in [0.717, 1.165) is 16.1 Å². The minimum atomic E-state index is -3.74. The maximum Gasteiger partial charge on any atom is 0.263 e. The molecule has 0 heterocycles. The number of nitrogens with zero attached hydrogens (tertiary/aromatic N) is 2. The Kier molecular flexibility index (Phi) is 8.36. The number of hydrazone groups is 1. The van der Waals surface area contributed by atoms with Crippen molar-refractivity contribution in [2.45, 2.75) is 33.7 Å². The van der Waals surface area contributed by atoms with Gasteiger partial charge in [0.05, 0.1) is 24.3 Å². The quantitative estimate of drug-likeness (QED) is 0.441. The molecule has 2 aromatic rings. The first-order chi connectivity index (χ1) is 15.0. The summed E-state index contributed by atoms with van der Waals surface area (Å²) < 4.78 is 31.2. The van der Waals surface area contributed by atoms with Gasteiger partial charge in [0.15, 0.2) is 0 Å². The van der Waals surface area contributed by atoms with Gasteiger partial charge in [-0.15, -0.1) is 0 Å². The minimum Gasteiger partial charge on any atom is -0.494 e. The molecule has 2 rings (SSSR count). The number of hydrogen-bond acceptors (Lipinski definition) is 6. The lowest BCUT2D eigenvalue weighted by Crippen LogP contribution is -2.46. The molecule has 0 aromatic heterocycles. The van der Waals surface area contributed by atoms with Gasteiger partial charge in [0.2, 0.25) is 15.9 Å². The highest BCUT2D eigenvalue weighted by molar-refractivity contribution is 7.92. The zero-order valence-electron chi connectivity index (χ0n) is 18.7. The number of hydrogen-bond donors (Lipinski definition) is 2. The van der Waals surface area contributed by atoms with Crippen LogP contribution in [0.1, 0.15) is 33.3 Å². The molecule has 0 aliphatic carbocycles. The standard InChI is InChI=1S/C22H28N4O5S/c1-6-31-21-13-11-20(12-14-21)26(32(5,29)30)16(3)22(28)25-24-15(2)18-7-9-19(10-8-18)23-17(4)27/h7-14,16H,6H2,1-5H3,(H,23,27)(H,25,28)/b24-15-/t16-/m1/s1. The van der Waals surface area contributed by atoms with Crippen molar-refractivity contribution >= 4 is 38.9 Å². The van der Waals surface area contributed by atoms with Crippen LogP contribution in [0.4, 0.5) is 11.4 Å². The van der Waals surface area contributed by atoms with Crippen LogP contribution in [-0.4, -0.2) is 44.8 Å². The van der Waals surface area contributed by atoms with Crippen LogP contribution in [0.5, 0.6) is 5.75 Å². The lowest BCUT2D eigenvalue weighted by molar-refractivity contribution is -0.121. The molecule has 172 valence electrons. The number of anilines is 2. The smallest absolute Gasteiger partial charge is 0.263 e. The normalized spacial score (nSPS) is 12.6. The van der Waals surface area contributed by atoms with Crippen molar-refractivity contribution < 1.29 is 22.7 Å². The van der Waals surface area contributed by atoms with Gasteiger partial charge in [0, 0.05) is 12.6 Å². The largest absolute Gasteiger partial charge is 0.494 e. The maximum atomic E-state index is 12.7. The van der Waals surface area contributed by atoms with E-state index in [0.29, 0.717) is 29.4 Å². The topological polar surface area (TPSA) is 117 Å². The van der Waals surface area contributed by atoms with Gasteiger partial charge in [-0.25, -0.2) is 13.8 Å². The van der Waals surface area contributed by atoms with Gasteiger partial charge in [-0.05, 0) is 62.7 Å². The van der Waals surface area contributed by atoms with E-state index in [9.17, 15) is 18.0 Å². The van der Waals surface area contributed by atoms with E-state index >= 15 is 0 Å². The van der Waals surface area contributed by atoms with Crippen LogP contribution in [0.2, 0.25) is 0 Å². The number of nitrogens with one attached hydrogen (secondary N) is 2. The van der Waals surface area contributed by atoms with Crippen LogP contribution >= 0.6 is 0 Å². The Balaban J connectivity index is 2.16. The fourth-order valence-electron chi connectivity index (χ4n) is 2.96. The molecule has 0 spiro atoms. The van der Waals surface area contributed by atoms with Crippen molar-refractivity contribution in [3.8, 4) is 5.75 Å². The summed E-state index contributed by atoms with van der Waals surface area (Å²) in [6, 6.07) is 12.4. The first-order valence-electron chi connectivity index (χ1n) is 9.97. The lowest BCUT2D eigenvalue weighted by Gasteiger charge is -2.27. The summed E-state index contributed by atoms with van der Waals surface area (Å²) in [6.45, 7) is 6.95. The van der Waals surface area contributed by atoms with Crippen molar-refractivity contribution in [2.75, 3.05) is 22.5 Å². The molecular formula is C22H28N4O5S. The first-order valence-corrected chi connectivity index (χ1v) is 11.8. The summed E-state index contributed by atoms with van der Waals surface area (Å²) in [6.07, 6.45) is 1.04. The maximum absolute atomic E-state index is 12.7. The first kappa shape index (κ1) is 24.9. The van der Waals surface area contributed by atoms with Crippen LogP contribution in [0.3, 0.4) is 0 Å². The molecule has 0 saturated carbocycles. The van der Waals surface area contributed by atoms with Crippen LogP contribution in [0.15, 0.2) is 53.6 Å². The molecule has 10 heteroatoms. The van der Waals surface area contributed by atoms with E-state index < -0.39 is 22.0 Å². The Morgan fingerprint density at radius 2 is 1.66 bits per heavy atom. The predicted octanol–water partition coefficient (Wildman–Crippen LogP) is 2.74. The average Bonchev–Trinajstić information content (AvgIpc) is 2.72. The molecule has 32 heavy (non-hydrogen) atoms. The second-order valence-corrected chi connectivity index (χ2v) is 8.95. The third-order valence-corrected chi connectivity index (χ3v) is 5.69. The summed E-state index contributed by atoms with van der Waals surface area (Å²) >= 11 is 0. The second-order valence-electron chi connectivity index (χ2n) is 7.09. The summed E-state index contributed by atoms with van der Waals surface area (Å²) in [5.74, 6) is -0.155. The van der Waals surface area contributed by atoms with Crippen molar-refractivity contribution in [3.05, 3.63) is 54.1 Å². The predicted molar refractivity (Wildman–Crippen MR) is 125 cm³/mol. The highest BCUT2D eigenvalue weighted by Gasteiger charge is 2.29. The van der Waals surface area contributed by atoms with Gasteiger partial charge in [-0.1, -0.05) is 12.1 Å². The second kappa shape index (κ2) is 10.8. The van der Waals surface area contributed by atoms with Crippen molar-refractivity contribution in [2.24, 2.45) is 5.10 Å². The third kappa shape index (κ3) is 6.81. The van der Waals surface area contributed by atoms with Gasteiger partial charge < -0.3 is 10.1 Å². The van der Waals surface area contributed by atoms with Gasteiger partial charge >= 0.3 is 0 Å². The monoisotopic (exact) mass is 460 g/mol. The summed E-state index contributed by atoms with van der Waals surface area (Å²) in [5, 5.41) is 6.76. The molecule has 2 N–H and O–H groups in total. The number of amides is 2. The van der Waals surface area contributed by atoms with Gasteiger partial charge in [-0.2, -0.15) is 5.10 Å². The Labute approximate surface area is 188 Å². The number of sulfonamides is 1. The Morgan fingerprint density at radius 1 is 1.06 bits per heavy atom. The third-order valence-electron chi connectivity index (χ3n) is 4.45. The number of rotatable bonds is 9. The van der Waals surface area contributed by atoms with Gasteiger partial charge in [-0.3, -0.25) is 13.9 Å². The summed E-state index contributed by atoms with van der Waals surface area (Å²) in [7, 11) is -3.74. The number of carbonyl (C=O) groups is 2. The van der Waals surface area contributed by atoms with E-state index in [1.165, 1.54) is 13.8 Å². The number of carbonyl (C=O) groups excluding carboxylic acids is 2. The van der Waals surface area contributed by atoms with Crippen molar-refractivity contribution in [1.82, 2.24) is 5.43 Å². The van der Waals surface area contributed by atoms with Gasteiger partial charge in [0.1, 0.15) is 11.8 Å². The molecule has 0 aliphatic heterocycles. The van der Waals surface area contributed by atoms with Crippen molar-refractivity contribution in [3.63, 3.8) is 0 Å². The highest BCUT2D eigenvalue weighted by atomic mass is 32.2. The van der Waals surface area contributed by atoms with E-state index in [1.807, 2.05) is 6.92 Å². The molecule has 2 aromatic carbocycles. The molecule has 2 amide bonds. The zero-order valence-corrected chi connectivity index (χ0v) is 19.6. The van der Waals surface area contributed by atoms with Crippen LogP contribution in [0, 0.1) is 0 Å². The molecule has 0 unspecified atom stereocenters. The minimum absolute atomic E-state index is 0.174. The Bertz CT molecular complexity index is 1080.